The monoisotopic (exact) mass is 274 g/mol. The zero-order chi connectivity index (χ0) is 14.5. The molecule has 4 nitrogen and oxygen atoms in total. The Morgan fingerprint density at radius 2 is 2.05 bits per heavy atom. The van der Waals surface area contributed by atoms with Crippen molar-refractivity contribution in [2.45, 2.75) is 39.8 Å². The first-order valence-electron chi connectivity index (χ1n) is 7.47. The minimum atomic E-state index is 0.430. The van der Waals surface area contributed by atoms with Gasteiger partial charge in [-0.25, -0.2) is 0 Å². The van der Waals surface area contributed by atoms with Crippen molar-refractivity contribution in [1.82, 2.24) is 19.7 Å². The summed E-state index contributed by atoms with van der Waals surface area (Å²) in [6.07, 6.45) is 7.53. The molecule has 1 N–H and O–H groups in total. The van der Waals surface area contributed by atoms with Gasteiger partial charge in [0.1, 0.15) is 0 Å². The zero-order valence-electron chi connectivity index (χ0n) is 13.0. The molecule has 2 heterocycles. The molecular weight excluding hydrogens is 248 g/mol. The van der Waals surface area contributed by atoms with Crippen LogP contribution in [-0.4, -0.2) is 20.9 Å². The number of hydrogen-bond donors (Lipinski definition) is 1. The third kappa shape index (κ3) is 3.73. The lowest BCUT2D eigenvalue weighted by Gasteiger charge is -2.21. The second-order valence-electron chi connectivity index (χ2n) is 5.77. The van der Waals surface area contributed by atoms with Crippen LogP contribution in [0.5, 0.6) is 0 Å². The summed E-state index contributed by atoms with van der Waals surface area (Å²) in [6.45, 7) is 8.64. The summed E-state index contributed by atoms with van der Waals surface area (Å²) >= 11 is 0. The molecular formula is C16H26N4. The summed E-state index contributed by atoms with van der Waals surface area (Å²) in [5.74, 6) is 0.590. The predicted molar refractivity (Wildman–Crippen MR) is 82.6 cm³/mol. The second kappa shape index (κ2) is 6.75. The minimum Gasteiger partial charge on any atom is -0.348 e. The first-order chi connectivity index (χ1) is 9.60. The van der Waals surface area contributed by atoms with Crippen LogP contribution in [0.2, 0.25) is 0 Å². The maximum absolute atomic E-state index is 4.42. The van der Waals surface area contributed by atoms with E-state index in [-0.39, 0.29) is 0 Å². The molecule has 0 aliphatic rings. The fraction of sp³-hybridized carbons (Fsp3) is 0.562. The molecule has 0 aliphatic carbocycles. The third-order valence-electron chi connectivity index (χ3n) is 3.53. The number of hydrogen-bond acceptors (Lipinski definition) is 2. The zero-order valence-corrected chi connectivity index (χ0v) is 13.0. The Bertz CT molecular complexity index is 524. The quantitative estimate of drug-likeness (QED) is 0.842. The van der Waals surface area contributed by atoms with Crippen LogP contribution in [0.15, 0.2) is 30.7 Å². The van der Waals surface area contributed by atoms with Crippen LogP contribution in [0.1, 0.15) is 44.5 Å². The summed E-state index contributed by atoms with van der Waals surface area (Å²) in [6, 6.07) is 4.71. The predicted octanol–water partition coefficient (Wildman–Crippen LogP) is 2.97. The van der Waals surface area contributed by atoms with Crippen molar-refractivity contribution in [3.8, 4) is 0 Å². The molecule has 2 aromatic rings. The van der Waals surface area contributed by atoms with Gasteiger partial charge in [-0.3, -0.25) is 4.68 Å². The largest absolute Gasteiger partial charge is 0.348 e. The van der Waals surface area contributed by atoms with Gasteiger partial charge in [-0.05, 0) is 36.6 Å². The van der Waals surface area contributed by atoms with Crippen LogP contribution in [0.4, 0.5) is 0 Å². The lowest BCUT2D eigenvalue weighted by molar-refractivity contribution is 0.412. The van der Waals surface area contributed by atoms with Crippen LogP contribution in [0, 0.1) is 5.92 Å². The number of aryl methyl sites for hydroxylation is 1. The van der Waals surface area contributed by atoms with E-state index in [0.717, 1.165) is 25.2 Å². The number of nitrogens with one attached hydrogen (secondary N) is 1. The molecule has 0 saturated heterocycles. The third-order valence-corrected chi connectivity index (χ3v) is 3.53. The summed E-state index contributed by atoms with van der Waals surface area (Å²) in [7, 11) is 1.95. The molecule has 0 amide bonds. The normalized spacial score (nSPS) is 13.1. The second-order valence-corrected chi connectivity index (χ2v) is 5.77. The van der Waals surface area contributed by atoms with Gasteiger partial charge in [0.05, 0.1) is 12.2 Å². The molecule has 110 valence electrons. The van der Waals surface area contributed by atoms with Gasteiger partial charge in [-0.15, -0.1) is 0 Å². The number of aromatic nitrogens is 3. The molecule has 0 bridgehead atoms. The molecule has 0 aliphatic heterocycles. The molecule has 2 rings (SSSR count). The van der Waals surface area contributed by atoms with Gasteiger partial charge in [0.15, 0.2) is 0 Å². The van der Waals surface area contributed by atoms with Gasteiger partial charge in [-0.1, -0.05) is 20.8 Å². The first-order valence-corrected chi connectivity index (χ1v) is 7.47. The van der Waals surface area contributed by atoms with E-state index in [4.69, 9.17) is 0 Å². The van der Waals surface area contributed by atoms with Crippen LogP contribution in [0.25, 0.3) is 0 Å². The van der Waals surface area contributed by atoms with E-state index >= 15 is 0 Å². The molecule has 0 aromatic carbocycles. The maximum atomic E-state index is 4.42. The topological polar surface area (TPSA) is 34.8 Å². The van der Waals surface area contributed by atoms with Crippen molar-refractivity contribution in [3.63, 3.8) is 0 Å². The van der Waals surface area contributed by atoms with E-state index in [2.05, 4.69) is 60.3 Å². The van der Waals surface area contributed by atoms with Crippen LogP contribution < -0.4 is 5.32 Å². The molecule has 0 spiro atoms. The Kier molecular flexibility index (Phi) is 5.01. The lowest BCUT2D eigenvalue weighted by Crippen LogP contribution is -2.26. The summed E-state index contributed by atoms with van der Waals surface area (Å²) in [5, 5.41) is 8.06. The minimum absolute atomic E-state index is 0.430. The van der Waals surface area contributed by atoms with Gasteiger partial charge in [-0.2, -0.15) is 5.10 Å². The molecule has 0 saturated carbocycles. The van der Waals surface area contributed by atoms with Crippen molar-refractivity contribution in [2.75, 3.05) is 6.54 Å². The summed E-state index contributed by atoms with van der Waals surface area (Å²) < 4.78 is 4.06. The first kappa shape index (κ1) is 14.9. The molecule has 2 aromatic heterocycles. The SMILES string of the molecule is CCCNC(c1ccn(Cc2ccn(C)n2)c1)C(C)C. The summed E-state index contributed by atoms with van der Waals surface area (Å²) in [5.41, 5.74) is 2.46. The fourth-order valence-corrected chi connectivity index (χ4v) is 2.51. The average Bonchev–Trinajstić information content (AvgIpc) is 3.00. The van der Waals surface area contributed by atoms with Crippen LogP contribution in [-0.2, 0) is 13.6 Å². The highest BCUT2D eigenvalue weighted by Gasteiger charge is 2.15. The molecule has 20 heavy (non-hydrogen) atoms. The van der Waals surface area contributed by atoms with Crippen molar-refractivity contribution in [3.05, 3.63) is 42.0 Å². The van der Waals surface area contributed by atoms with E-state index in [1.807, 2.05) is 17.9 Å². The number of rotatable bonds is 7. The molecule has 4 heteroatoms. The fourth-order valence-electron chi connectivity index (χ4n) is 2.51. The van der Waals surface area contributed by atoms with Gasteiger partial charge < -0.3 is 9.88 Å². The standard InChI is InChI=1S/C16H26N4/c1-5-8-17-16(13(2)3)14-6-10-20(11-14)12-15-7-9-19(4)18-15/h6-7,9-11,13,16-17H,5,8,12H2,1-4H3. The Morgan fingerprint density at radius 3 is 2.65 bits per heavy atom. The highest BCUT2D eigenvalue weighted by molar-refractivity contribution is 5.17. The van der Waals surface area contributed by atoms with Gasteiger partial charge in [0.2, 0.25) is 0 Å². The van der Waals surface area contributed by atoms with Gasteiger partial charge >= 0.3 is 0 Å². The Morgan fingerprint density at radius 1 is 1.25 bits per heavy atom. The van der Waals surface area contributed by atoms with E-state index in [1.165, 1.54) is 5.56 Å². The van der Waals surface area contributed by atoms with E-state index in [1.54, 1.807) is 0 Å². The maximum Gasteiger partial charge on any atom is 0.0821 e. The van der Waals surface area contributed by atoms with E-state index in [0.29, 0.717) is 12.0 Å². The smallest absolute Gasteiger partial charge is 0.0821 e. The molecule has 1 atom stereocenters. The van der Waals surface area contributed by atoms with Gasteiger partial charge in [0, 0.05) is 31.7 Å². The Labute approximate surface area is 121 Å². The van der Waals surface area contributed by atoms with Crippen molar-refractivity contribution in [2.24, 2.45) is 13.0 Å². The van der Waals surface area contributed by atoms with Crippen molar-refractivity contribution >= 4 is 0 Å². The van der Waals surface area contributed by atoms with Gasteiger partial charge in [0.25, 0.3) is 0 Å². The molecule has 1 unspecified atom stereocenters. The average molecular weight is 274 g/mol. The van der Waals surface area contributed by atoms with E-state index < -0.39 is 0 Å². The van der Waals surface area contributed by atoms with Crippen molar-refractivity contribution < 1.29 is 0 Å². The molecule has 0 fully saturated rings. The van der Waals surface area contributed by atoms with Crippen molar-refractivity contribution in [1.29, 1.82) is 0 Å². The lowest BCUT2D eigenvalue weighted by atomic mass is 9.98. The number of nitrogens with zero attached hydrogens (tertiary/aromatic N) is 3. The Hall–Kier alpha value is -1.55. The summed E-state index contributed by atoms with van der Waals surface area (Å²) in [4.78, 5) is 0. The van der Waals surface area contributed by atoms with Crippen LogP contribution in [0.3, 0.4) is 0 Å². The Balaban J connectivity index is 2.06. The highest BCUT2D eigenvalue weighted by Crippen LogP contribution is 2.22. The highest BCUT2D eigenvalue weighted by atomic mass is 15.3. The van der Waals surface area contributed by atoms with Crippen LogP contribution >= 0.6 is 0 Å². The van der Waals surface area contributed by atoms with E-state index in [9.17, 15) is 0 Å². The molecule has 0 radical (unpaired) electrons.